The summed E-state index contributed by atoms with van der Waals surface area (Å²) in [6.45, 7) is 2.67. The van der Waals surface area contributed by atoms with Gasteiger partial charge in [-0.3, -0.25) is 9.78 Å². The SMILES string of the molecule is CC(S)CCCCCCCCC(=O)NCc1ccccn1. The van der Waals surface area contributed by atoms with Gasteiger partial charge in [0.15, 0.2) is 0 Å². The number of amides is 1. The number of hydrogen-bond acceptors (Lipinski definition) is 3. The van der Waals surface area contributed by atoms with Gasteiger partial charge in [-0.05, 0) is 30.2 Å². The van der Waals surface area contributed by atoms with Crippen molar-refractivity contribution >= 4 is 18.5 Å². The maximum Gasteiger partial charge on any atom is 0.220 e. The molecule has 4 heteroatoms. The largest absolute Gasteiger partial charge is 0.350 e. The molecule has 0 aromatic carbocycles. The topological polar surface area (TPSA) is 42.0 Å². The van der Waals surface area contributed by atoms with Crippen molar-refractivity contribution in [1.82, 2.24) is 10.3 Å². The zero-order chi connectivity index (χ0) is 15.3. The first-order valence-electron chi connectivity index (χ1n) is 8.03. The first-order valence-corrected chi connectivity index (χ1v) is 8.55. The maximum atomic E-state index is 11.7. The standard InChI is InChI=1S/C17H28N2OS/c1-15(21)10-6-4-2-3-5-7-12-17(20)19-14-16-11-8-9-13-18-16/h8-9,11,13,15,21H,2-7,10,12,14H2,1H3,(H,19,20). The highest BCUT2D eigenvalue weighted by atomic mass is 32.1. The van der Waals surface area contributed by atoms with E-state index in [1.165, 1.54) is 32.1 Å². The van der Waals surface area contributed by atoms with E-state index in [1.807, 2.05) is 18.2 Å². The van der Waals surface area contributed by atoms with Crippen molar-refractivity contribution in [3.8, 4) is 0 Å². The Labute approximate surface area is 134 Å². The molecule has 0 radical (unpaired) electrons. The third kappa shape index (κ3) is 10.4. The highest BCUT2D eigenvalue weighted by Gasteiger charge is 2.01. The second-order valence-electron chi connectivity index (χ2n) is 5.61. The van der Waals surface area contributed by atoms with Gasteiger partial charge in [-0.15, -0.1) is 0 Å². The Bertz CT molecular complexity index is 382. The monoisotopic (exact) mass is 308 g/mol. The normalized spacial score (nSPS) is 12.1. The van der Waals surface area contributed by atoms with E-state index in [4.69, 9.17) is 0 Å². The summed E-state index contributed by atoms with van der Waals surface area (Å²) in [5.74, 6) is 0.129. The Kier molecular flexibility index (Phi) is 9.96. The van der Waals surface area contributed by atoms with E-state index >= 15 is 0 Å². The highest BCUT2D eigenvalue weighted by molar-refractivity contribution is 7.80. The van der Waals surface area contributed by atoms with Gasteiger partial charge in [-0.25, -0.2) is 0 Å². The van der Waals surface area contributed by atoms with Crippen molar-refractivity contribution in [3.63, 3.8) is 0 Å². The molecule has 0 saturated carbocycles. The molecule has 1 aromatic rings. The van der Waals surface area contributed by atoms with Crippen molar-refractivity contribution < 1.29 is 4.79 Å². The Morgan fingerprint density at radius 2 is 1.90 bits per heavy atom. The number of carbonyl (C=O) groups excluding carboxylic acids is 1. The van der Waals surface area contributed by atoms with Crippen LogP contribution in [-0.2, 0) is 11.3 Å². The second-order valence-corrected chi connectivity index (χ2v) is 6.49. The van der Waals surface area contributed by atoms with E-state index in [0.29, 0.717) is 18.2 Å². The van der Waals surface area contributed by atoms with Gasteiger partial charge in [0.05, 0.1) is 12.2 Å². The minimum Gasteiger partial charge on any atom is -0.350 e. The summed E-state index contributed by atoms with van der Waals surface area (Å²) >= 11 is 4.38. The lowest BCUT2D eigenvalue weighted by Gasteiger charge is -2.05. The van der Waals surface area contributed by atoms with Crippen LogP contribution in [0.25, 0.3) is 0 Å². The predicted octanol–water partition coefficient (Wildman–Crippen LogP) is 4.14. The van der Waals surface area contributed by atoms with E-state index in [2.05, 4.69) is 29.9 Å². The van der Waals surface area contributed by atoms with E-state index in [0.717, 1.165) is 18.5 Å². The number of rotatable bonds is 11. The first kappa shape index (κ1) is 18.0. The van der Waals surface area contributed by atoms with Crippen LogP contribution in [0.3, 0.4) is 0 Å². The van der Waals surface area contributed by atoms with Crippen LogP contribution >= 0.6 is 12.6 Å². The lowest BCUT2D eigenvalue weighted by molar-refractivity contribution is -0.121. The van der Waals surface area contributed by atoms with Gasteiger partial charge in [-0.1, -0.05) is 45.1 Å². The van der Waals surface area contributed by atoms with Gasteiger partial charge in [0.2, 0.25) is 5.91 Å². The van der Waals surface area contributed by atoms with E-state index in [9.17, 15) is 4.79 Å². The number of carbonyl (C=O) groups is 1. The van der Waals surface area contributed by atoms with Crippen molar-refractivity contribution in [2.24, 2.45) is 0 Å². The summed E-state index contributed by atoms with van der Waals surface area (Å²) < 4.78 is 0. The number of nitrogens with one attached hydrogen (secondary N) is 1. The highest BCUT2D eigenvalue weighted by Crippen LogP contribution is 2.11. The molecule has 1 rings (SSSR count). The molecule has 0 aliphatic heterocycles. The number of thiol groups is 1. The molecule has 0 aliphatic carbocycles. The van der Waals surface area contributed by atoms with Crippen LogP contribution in [0.4, 0.5) is 0 Å². The smallest absolute Gasteiger partial charge is 0.220 e. The van der Waals surface area contributed by atoms with Crippen LogP contribution in [0, 0.1) is 0 Å². The molecule has 0 aliphatic rings. The first-order chi connectivity index (χ1) is 10.2. The third-order valence-electron chi connectivity index (χ3n) is 3.47. The fourth-order valence-electron chi connectivity index (χ4n) is 2.21. The molecule has 0 bridgehead atoms. The Balaban J connectivity index is 1.92. The van der Waals surface area contributed by atoms with Gasteiger partial charge < -0.3 is 5.32 Å². The average Bonchev–Trinajstić information content (AvgIpc) is 2.48. The predicted molar refractivity (Wildman–Crippen MR) is 91.5 cm³/mol. The molecular formula is C17H28N2OS. The van der Waals surface area contributed by atoms with E-state index in [-0.39, 0.29) is 5.91 Å². The van der Waals surface area contributed by atoms with Gasteiger partial charge in [0.25, 0.3) is 0 Å². The molecule has 1 aromatic heterocycles. The molecular weight excluding hydrogens is 280 g/mol. The van der Waals surface area contributed by atoms with Crippen LogP contribution in [0.1, 0.15) is 64.0 Å². The molecule has 1 N–H and O–H groups in total. The van der Waals surface area contributed by atoms with Crippen LogP contribution in [-0.4, -0.2) is 16.1 Å². The molecule has 118 valence electrons. The molecule has 1 heterocycles. The second kappa shape index (κ2) is 11.6. The Hall–Kier alpha value is -1.03. The zero-order valence-electron chi connectivity index (χ0n) is 13.1. The van der Waals surface area contributed by atoms with Crippen molar-refractivity contribution in [2.45, 2.75) is 70.1 Å². The van der Waals surface area contributed by atoms with Gasteiger partial charge in [0.1, 0.15) is 0 Å². The van der Waals surface area contributed by atoms with E-state index < -0.39 is 0 Å². The molecule has 1 unspecified atom stereocenters. The summed E-state index contributed by atoms with van der Waals surface area (Å²) in [7, 11) is 0. The molecule has 3 nitrogen and oxygen atoms in total. The third-order valence-corrected chi connectivity index (χ3v) is 3.73. The molecule has 0 spiro atoms. The molecule has 0 fully saturated rings. The fourth-order valence-corrected chi connectivity index (χ4v) is 2.40. The number of pyridine rings is 1. The summed E-state index contributed by atoms with van der Waals surface area (Å²) in [6.07, 6.45) is 10.8. The molecule has 1 atom stereocenters. The van der Waals surface area contributed by atoms with Crippen molar-refractivity contribution in [2.75, 3.05) is 0 Å². The Morgan fingerprint density at radius 1 is 1.19 bits per heavy atom. The number of unbranched alkanes of at least 4 members (excludes halogenated alkanes) is 5. The lowest BCUT2D eigenvalue weighted by atomic mass is 10.1. The molecule has 21 heavy (non-hydrogen) atoms. The molecule has 0 saturated heterocycles. The average molecular weight is 308 g/mol. The number of nitrogens with zero attached hydrogens (tertiary/aromatic N) is 1. The van der Waals surface area contributed by atoms with Crippen LogP contribution in [0.2, 0.25) is 0 Å². The van der Waals surface area contributed by atoms with E-state index in [1.54, 1.807) is 6.20 Å². The lowest BCUT2D eigenvalue weighted by Crippen LogP contribution is -2.22. The van der Waals surface area contributed by atoms with Crippen molar-refractivity contribution in [1.29, 1.82) is 0 Å². The minimum atomic E-state index is 0.129. The van der Waals surface area contributed by atoms with Crippen molar-refractivity contribution in [3.05, 3.63) is 30.1 Å². The number of aromatic nitrogens is 1. The summed E-state index contributed by atoms with van der Waals surface area (Å²) in [4.78, 5) is 15.9. The fraction of sp³-hybridized carbons (Fsp3) is 0.647. The van der Waals surface area contributed by atoms with Gasteiger partial charge in [0, 0.05) is 12.6 Å². The van der Waals surface area contributed by atoms with Crippen LogP contribution in [0.15, 0.2) is 24.4 Å². The van der Waals surface area contributed by atoms with Crippen LogP contribution in [0.5, 0.6) is 0 Å². The van der Waals surface area contributed by atoms with Crippen LogP contribution < -0.4 is 5.32 Å². The Morgan fingerprint density at radius 3 is 2.57 bits per heavy atom. The maximum absolute atomic E-state index is 11.7. The van der Waals surface area contributed by atoms with Gasteiger partial charge >= 0.3 is 0 Å². The quantitative estimate of drug-likeness (QED) is 0.476. The molecule has 1 amide bonds. The summed E-state index contributed by atoms with van der Waals surface area (Å²) in [5, 5.41) is 3.43. The van der Waals surface area contributed by atoms with Gasteiger partial charge in [-0.2, -0.15) is 12.6 Å². The summed E-state index contributed by atoms with van der Waals surface area (Å²) in [5.41, 5.74) is 0.907. The summed E-state index contributed by atoms with van der Waals surface area (Å²) in [6, 6.07) is 5.73. The zero-order valence-corrected chi connectivity index (χ0v) is 13.9. The number of hydrogen-bond donors (Lipinski definition) is 2. The minimum absolute atomic E-state index is 0.129.